The molecule has 0 bridgehead atoms. The van der Waals surface area contributed by atoms with Crippen LogP contribution < -0.4 is 15.2 Å². The van der Waals surface area contributed by atoms with Gasteiger partial charge >= 0.3 is 0 Å². The summed E-state index contributed by atoms with van der Waals surface area (Å²) in [5.74, 6) is 0.617. The number of aromatic nitrogens is 3. The van der Waals surface area contributed by atoms with E-state index in [1.807, 2.05) is 31.2 Å². The number of nitrogens with two attached hydrogens (primary N) is 1. The third-order valence-electron chi connectivity index (χ3n) is 6.00. The molecular weight excluding hydrogens is 505 g/mol. The van der Waals surface area contributed by atoms with Gasteiger partial charge in [-0.15, -0.1) is 0 Å². The van der Waals surface area contributed by atoms with Crippen molar-refractivity contribution in [2.75, 3.05) is 10.5 Å². The minimum atomic E-state index is -3.84. The molecule has 38 heavy (non-hydrogen) atoms. The van der Waals surface area contributed by atoms with Gasteiger partial charge < -0.3 is 10.5 Å². The zero-order valence-corrected chi connectivity index (χ0v) is 21.2. The van der Waals surface area contributed by atoms with E-state index in [-0.39, 0.29) is 11.7 Å². The molecular formula is C28H24FN5O3S. The third kappa shape index (κ3) is 5.25. The largest absolute Gasteiger partial charge is 0.437 e. The first-order chi connectivity index (χ1) is 18.3. The molecule has 3 N–H and O–H groups in total. The van der Waals surface area contributed by atoms with Crippen LogP contribution in [0, 0.1) is 6.92 Å². The number of hydrogen-bond acceptors (Lipinski definition) is 7. The molecule has 0 atom stereocenters. The minimum absolute atomic E-state index is 0.129. The predicted molar refractivity (Wildman–Crippen MR) is 146 cm³/mol. The number of pyridine rings is 1. The lowest BCUT2D eigenvalue weighted by atomic mass is 10.0. The molecule has 2 heterocycles. The molecule has 0 spiro atoms. The number of halogens is 1. The number of fused-ring (bicyclic) bond motifs is 1. The lowest BCUT2D eigenvalue weighted by Gasteiger charge is -2.16. The summed E-state index contributed by atoms with van der Waals surface area (Å²) in [7, 11) is -3.84. The number of alkyl halides is 1. The van der Waals surface area contributed by atoms with Crippen LogP contribution in [0.1, 0.15) is 16.7 Å². The van der Waals surface area contributed by atoms with E-state index in [1.165, 1.54) is 0 Å². The SMILES string of the molecule is Cc1ccc2c(NS(=O)(=O)Cc3ccccc3CF)cccc2c1Oc1ncccc1-c1ccnc(N)n1. The van der Waals surface area contributed by atoms with Crippen LogP contribution in [0.4, 0.5) is 16.0 Å². The zero-order valence-electron chi connectivity index (χ0n) is 20.4. The van der Waals surface area contributed by atoms with E-state index in [9.17, 15) is 12.8 Å². The molecule has 5 aromatic rings. The highest BCUT2D eigenvalue weighted by molar-refractivity contribution is 7.91. The summed E-state index contributed by atoms with van der Waals surface area (Å²) in [6, 6.07) is 20.8. The first-order valence-electron chi connectivity index (χ1n) is 11.7. The standard InChI is InChI=1S/C28H24FN5O3S/c1-18-11-12-21-22(26(18)37-27-23(9-5-14-31-27)24-13-15-32-28(30)33-24)8-4-10-25(21)34-38(35,36)17-20-7-3-2-6-19(20)16-29/h2-15,34H,16-17H2,1H3,(H2,30,32,33). The Morgan fingerprint density at radius 3 is 2.50 bits per heavy atom. The molecule has 0 fully saturated rings. The summed E-state index contributed by atoms with van der Waals surface area (Å²) in [5, 5.41) is 1.33. The van der Waals surface area contributed by atoms with Crippen molar-refractivity contribution in [1.29, 1.82) is 0 Å². The second-order valence-corrected chi connectivity index (χ2v) is 10.4. The summed E-state index contributed by atoms with van der Waals surface area (Å²) >= 11 is 0. The highest BCUT2D eigenvalue weighted by Crippen LogP contribution is 2.38. The second kappa shape index (κ2) is 10.4. The van der Waals surface area contributed by atoms with Crippen molar-refractivity contribution in [3.63, 3.8) is 0 Å². The Hall–Kier alpha value is -4.57. The van der Waals surface area contributed by atoms with Gasteiger partial charge in [-0.25, -0.2) is 27.8 Å². The molecule has 0 aliphatic heterocycles. The molecule has 0 amide bonds. The van der Waals surface area contributed by atoms with Crippen molar-refractivity contribution in [2.45, 2.75) is 19.4 Å². The number of anilines is 2. The second-order valence-electron chi connectivity index (χ2n) is 8.63. The quantitative estimate of drug-likeness (QED) is 0.261. The summed E-state index contributed by atoms with van der Waals surface area (Å²) in [4.78, 5) is 12.6. The Bertz CT molecular complexity index is 1740. The van der Waals surface area contributed by atoms with E-state index in [1.54, 1.807) is 60.9 Å². The van der Waals surface area contributed by atoms with E-state index >= 15 is 0 Å². The van der Waals surface area contributed by atoms with Crippen LogP contribution in [-0.2, 0) is 22.5 Å². The number of rotatable bonds is 8. The molecule has 3 aromatic carbocycles. The number of nitrogens with one attached hydrogen (secondary N) is 1. The van der Waals surface area contributed by atoms with Gasteiger partial charge in [0.1, 0.15) is 12.4 Å². The van der Waals surface area contributed by atoms with Crippen LogP contribution in [0.15, 0.2) is 85.2 Å². The summed E-state index contributed by atoms with van der Waals surface area (Å²) in [6.07, 6.45) is 3.17. The van der Waals surface area contributed by atoms with E-state index < -0.39 is 16.7 Å². The molecule has 192 valence electrons. The van der Waals surface area contributed by atoms with Gasteiger partial charge in [0.05, 0.1) is 22.7 Å². The lowest BCUT2D eigenvalue weighted by molar-refractivity contribution is 0.466. The Morgan fingerprint density at radius 1 is 0.895 bits per heavy atom. The third-order valence-corrected chi connectivity index (χ3v) is 7.22. The minimum Gasteiger partial charge on any atom is -0.437 e. The van der Waals surface area contributed by atoms with Gasteiger partial charge in [0.15, 0.2) is 0 Å². The number of nitrogen functional groups attached to an aromatic ring is 1. The summed E-state index contributed by atoms with van der Waals surface area (Å²) < 4.78 is 48.5. The van der Waals surface area contributed by atoms with E-state index in [2.05, 4.69) is 19.7 Å². The monoisotopic (exact) mass is 529 g/mol. The van der Waals surface area contributed by atoms with Crippen molar-refractivity contribution < 1.29 is 17.5 Å². The summed E-state index contributed by atoms with van der Waals surface area (Å²) in [6.45, 7) is 1.15. The average molecular weight is 530 g/mol. The van der Waals surface area contributed by atoms with Crippen molar-refractivity contribution in [2.24, 2.45) is 0 Å². The molecule has 0 aliphatic carbocycles. The molecule has 2 aromatic heterocycles. The van der Waals surface area contributed by atoms with Crippen LogP contribution in [0.3, 0.4) is 0 Å². The van der Waals surface area contributed by atoms with Crippen molar-refractivity contribution in [3.8, 4) is 22.9 Å². The van der Waals surface area contributed by atoms with Gasteiger partial charge in [0, 0.05) is 23.2 Å². The maximum atomic E-state index is 13.4. The number of benzene rings is 3. The molecule has 0 radical (unpaired) electrons. The van der Waals surface area contributed by atoms with Crippen molar-refractivity contribution in [3.05, 3.63) is 102 Å². The fraction of sp³-hybridized carbons (Fsp3) is 0.107. The number of aryl methyl sites for hydroxylation is 1. The topological polar surface area (TPSA) is 120 Å². The van der Waals surface area contributed by atoms with E-state index in [4.69, 9.17) is 10.5 Å². The lowest BCUT2D eigenvalue weighted by Crippen LogP contribution is -2.16. The van der Waals surface area contributed by atoms with Gasteiger partial charge in [0.25, 0.3) is 0 Å². The Labute approximate surface area is 219 Å². The number of sulfonamides is 1. The molecule has 8 nitrogen and oxygen atoms in total. The van der Waals surface area contributed by atoms with Crippen LogP contribution in [-0.4, -0.2) is 23.4 Å². The van der Waals surface area contributed by atoms with Crippen LogP contribution in [0.2, 0.25) is 0 Å². The Morgan fingerprint density at radius 2 is 1.71 bits per heavy atom. The number of nitrogens with zero attached hydrogens (tertiary/aromatic N) is 3. The molecule has 0 saturated carbocycles. The van der Waals surface area contributed by atoms with E-state index in [0.717, 1.165) is 5.56 Å². The van der Waals surface area contributed by atoms with Gasteiger partial charge in [-0.05, 0) is 47.9 Å². The number of ether oxygens (including phenoxy) is 1. The molecule has 0 unspecified atom stereocenters. The first kappa shape index (κ1) is 25.1. The molecule has 0 saturated heterocycles. The van der Waals surface area contributed by atoms with E-state index in [0.29, 0.717) is 50.5 Å². The Kier molecular flexibility index (Phi) is 6.89. The number of hydrogen-bond donors (Lipinski definition) is 2. The van der Waals surface area contributed by atoms with Gasteiger partial charge in [-0.3, -0.25) is 4.72 Å². The highest BCUT2D eigenvalue weighted by atomic mass is 32.2. The van der Waals surface area contributed by atoms with Gasteiger partial charge in [-0.2, -0.15) is 0 Å². The van der Waals surface area contributed by atoms with Crippen LogP contribution >= 0.6 is 0 Å². The normalized spacial score (nSPS) is 11.4. The first-order valence-corrected chi connectivity index (χ1v) is 13.4. The fourth-order valence-electron chi connectivity index (χ4n) is 4.19. The van der Waals surface area contributed by atoms with Crippen LogP contribution in [0.25, 0.3) is 22.0 Å². The molecule has 0 aliphatic rings. The maximum absolute atomic E-state index is 13.4. The van der Waals surface area contributed by atoms with Gasteiger partial charge in [0.2, 0.25) is 21.9 Å². The van der Waals surface area contributed by atoms with Crippen molar-refractivity contribution in [1.82, 2.24) is 15.0 Å². The average Bonchev–Trinajstić information content (AvgIpc) is 2.90. The van der Waals surface area contributed by atoms with Crippen LogP contribution in [0.5, 0.6) is 11.6 Å². The maximum Gasteiger partial charge on any atom is 0.236 e. The Balaban J connectivity index is 1.52. The molecule has 5 rings (SSSR count). The predicted octanol–water partition coefficient (Wildman–Crippen LogP) is 5.79. The van der Waals surface area contributed by atoms with Crippen molar-refractivity contribution >= 4 is 32.4 Å². The smallest absolute Gasteiger partial charge is 0.236 e. The fourth-order valence-corrected chi connectivity index (χ4v) is 5.46. The molecule has 10 heteroatoms. The summed E-state index contributed by atoms with van der Waals surface area (Å²) in [5.41, 5.74) is 8.92. The zero-order chi connectivity index (χ0) is 26.7. The highest BCUT2D eigenvalue weighted by Gasteiger charge is 2.18. The van der Waals surface area contributed by atoms with Gasteiger partial charge in [-0.1, -0.05) is 48.5 Å².